The first kappa shape index (κ1) is 44.7. The van der Waals surface area contributed by atoms with E-state index in [4.69, 9.17) is 0 Å². The molecule has 0 amide bonds. The van der Waals surface area contributed by atoms with Gasteiger partial charge in [-0.2, -0.15) is 0 Å². The van der Waals surface area contributed by atoms with Gasteiger partial charge in [-0.25, -0.2) is 0 Å². The van der Waals surface area contributed by atoms with Crippen molar-refractivity contribution in [3.8, 4) is 44.5 Å². The molecule has 14 rings (SSSR count). The first-order valence-electron chi connectivity index (χ1n) is 26.2. The molecular formula is C74H50N2. The first-order chi connectivity index (χ1) is 37.7. The first-order valence-corrected chi connectivity index (χ1v) is 26.2. The molecule has 0 saturated carbocycles. The highest BCUT2D eigenvalue weighted by molar-refractivity contribution is 6.16. The minimum atomic E-state index is 1.05. The Labute approximate surface area is 443 Å². The quantitative estimate of drug-likeness (QED) is 0.135. The summed E-state index contributed by atoms with van der Waals surface area (Å²) < 4.78 is 0. The molecular weight excluding hydrogens is 917 g/mol. The zero-order valence-electron chi connectivity index (χ0n) is 41.8. The van der Waals surface area contributed by atoms with Crippen LogP contribution in [-0.2, 0) is 0 Å². The second kappa shape index (κ2) is 19.1. The van der Waals surface area contributed by atoms with Crippen LogP contribution in [0.1, 0.15) is 0 Å². The summed E-state index contributed by atoms with van der Waals surface area (Å²) in [7, 11) is 0. The Morgan fingerprint density at radius 2 is 0.553 bits per heavy atom. The second-order valence-electron chi connectivity index (χ2n) is 19.6. The highest BCUT2D eigenvalue weighted by Gasteiger charge is 2.25. The standard InChI is InChI=1S/C74H50N2/c1-3-19-55(20-4-1)68-47-48-73(76(72-38-18-30-54-26-10-14-34-67(54)72)60-45-41-58(42-46-60)65-36-16-28-52-24-8-12-32-63(52)65)70-50-61(49-69(74(68)70)56-21-5-2-6-22-56)75(71-37-17-29-53-25-9-13-33-66(53)71)59-43-39-57(40-44-59)64-35-15-27-51-23-7-11-31-62(51)64/h1-50H. The minimum Gasteiger partial charge on any atom is -0.310 e. The Kier molecular flexibility index (Phi) is 11.2. The van der Waals surface area contributed by atoms with Gasteiger partial charge in [-0.3, -0.25) is 0 Å². The average Bonchev–Trinajstić information content (AvgIpc) is 3.53. The van der Waals surface area contributed by atoms with Crippen molar-refractivity contribution in [2.45, 2.75) is 0 Å². The van der Waals surface area contributed by atoms with E-state index in [0.29, 0.717) is 0 Å². The summed E-state index contributed by atoms with van der Waals surface area (Å²) >= 11 is 0. The number of fused-ring (bicyclic) bond motifs is 5. The predicted molar refractivity (Wildman–Crippen MR) is 325 cm³/mol. The largest absolute Gasteiger partial charge is 0.310 e. The van der Waals surface area contributed by atoms with Crippen LogP contribution in [0.4, 0.5) is 34.1 Å². The molecule has 0 fully saturated rings. The van der Waals surface area contributed by atoms with E-state index in [1.807, 2.05) is 0 Å². The van der Waals surface area contributed by atoms with Gasteiger partial charge in [-0.1, -0.05) is 249 Å². The molecule has 356 valence electrons. The number of hydrogen-bond acceptors (Lipinski definition) is 2. The zero-order chi connectivity index (χ0) is 50.4. The van der Waals surface area contributed by atoms with Gasteiger partial charge in [-0.15, -0.1) is 0 Å². The zero-order valence-corrected chi connectivity index (χ0v) is 41.8. The van der Waals surface area contributed by atoms with Gasteiger partial charge < -0.3 is 9.80 Å². The van der Waals surface area contributed by atoms with E-state index in [-0.39, 0.29) is 0 Å². The van der Waals surface area contributed by atoms with Gasteiger partial charge in [0, 0.05) is 33.2 Å². The van der Waals surface area contributed by atoms with Crippen molar-refractivity contribution in [3.05, 3.63) is 303 Å². The van der Waals surface area contributed by atoms with Gasteiger partial charge in [0.2, 0.25) is 0 Å². The average molecular weight is 967 g/mol. The van der Waals surface area contributed by atoms with Gasteiger partial charge in [0.15, 0.2) is 0 Å². The van der Waals surface area contributed by atoms with Crippen molar-refractivity contribution >= 4 is 88.0 Å². The molecule has 14 aromatic rings. The maximum Gasteiger partial charge on any atom is 0.0541 e. The Morgan fingerprint density at radius 3 is 1.07 bits per heavy atom. The molecule has 14 aromatic carbocycles. The van der Waals surface area contributed by atoms with E-state index >= 15 is 0 Å². The number of anilines is 6. The fourth-order valence-corrected chi connectivity index (χ4v) is 11.7. The van der Waals surface area contributed by atoms with Crippen molar-refractivity contribution in [1.82, 2.24) is 0 Å². The SMILES string of the molecule is c1ccc(-c2ccc(N(c3ccc(-c4cccc5ccccc45)cc3)c3cccc4ccccc34)c3cc(N(c4ccc(-c5cccc6ccccc56)cc4)c4cccc5ccccc45)cc(-c4ccccc4)c23)cc1. The van der Waals surface area contributed by atoms with Crippen molar-refractivity contribution in [1.29, 1.82) is 0 Å². The van der Waals surface area contributed by atoms with Crippen LogP contribution in [-0.4, -0.2) is 0 Å². The van der Waals surface area contributed by atoms with Crippen LogP contribution in [0.25, 0.3) is 98.4 Å². The molecule has 0 spiro atoms. The lowest BCUT2D eigenvalue weighted by atomic mass is 9.89. The van der Waals surface area contributed by atoms with E-state index in [0.717, 1.165) is 56.2 Å². The molecule has 0 N–H and O–H groups in total. The van der Waals surface area contributed by atoms with Gasteiger partial charge in [0.25, 0.3) is 0 Å². The highest BCUT2D eigenvalue weighted by Crippen LogP contribution is 2.51. The summed E-state index contributed by atoms with van der Waals surface area (Å²) in [5.41, 5.74) is 15.9. The van der Waals surface area contributed by atoms with E-state index in [2.05, 4.69) is 313 Å². The lowest BCUT2D eigenvalue weighted by molar-refractivity contribution is 1.29. The van der Waals surface area contributed by atoms with Gasteiger partial charge >= 0.3 is 0 Å². The minimum absolute atomic E-state index is 1.05. The van der Waals surface area contributed by atoms with Crippen LogP contribution in [0.5, 0.6) is 0 Å². The Bertz CT molecular complexity index is 4430. The van der Waals surface area contributed by atoms with Gasteiger partial charge in [0.1, 0.15) is 0 Å². The van der Waals surface area contributed by atoms with E-state index in [1.54, 1.807) is 0 Å². The fourth-order valence-electron chi connectivity index (χ4n) is 11.7. The van der Waals surface area contributed by atoms with Crippen LogP contribution < -0.4 is 9.80 Å². The molecule has 2 heteroatoms. The van der Waals surface area contributed by atoms with Crippen LogP contribution in [0.15, 0.2) is 303 Å². The molecule has 0 aromatic heterocycles. The lowest BCUT2D eigenvalue weighted by Crippen LogP contribution is -2.13. The van der Waals surface area contributed by atoms with Crippen LogP contribution in [0, 0.1) is 0 Å². The second-order valence-corrected chi connectivity index (χ2v) is 19.6. The van der Waals surface area contributed by atoms with E-state index in [1.165, 1.54) is 76.3 Å². The molecule has 0 atom stereocenters. The predicted octanol–water partition coefficient (Wildman–Crippen LogP) is 21.1. The topological polar surface area (TPSA) is 6.48 Å². The van der Waals surface area contributed by atoms with E-state index in [9.17, 15) is 0 Å². The molecule has 0 saturated heterocycles. The van der Waals surface area contributed by atoms with Crippen molar-refractivity contribution in [2.24, 2.45) is 0 Å². The smallest absolute Gasteiger partial charge is 0.0541 e. The maximum absolute atomic E-state index is 2.49. The third-order valence-electron chi connectivity index (χ3n) is 15.2. The normalized spacial score (nSPS) is 11.4. The number of nitrogens with zero attached hydrogens (tertiary/aromatic N) is 2. The maximum atomic E-state index is 2.49. The molecule has 0 bridgehead atoms. The van der Waals surface area contributed by atoms with Crippen LogP contribution >= 0.6 is 0 Å². The molecule has 0 aliphatic heterocycles. The van der Waals surface area contributed by atoms with Crippen LogP contribution in [0.2, 0.25) is 0 Å². The summed E-state index contributed by atoms with van der Waals surface area (Å²) in [6.07, 6.45) is 0. The van der Waals surface area contributed by atoms with Crippen molar-refractivity contribution in [3.63, 3.8) is 0 Å². The summed E-state index contributed by atoms with van der Waals surface area (Å²) in [4.78, 5) is 4.97. The summed E-state index contributed by atoms with van der Waals surface area (Å²) in [5, 5.41) is 12.0. The van der Waals surface area contributed by atoms with Crippen molar-refractivity contribution < 1.29 is 0 Å². The fraction of sp³-hybridized carbons (Fsp3) is 0. The summed E-state index contributed by atoms with van der Waals surface area (Å²) in [6, 6.07) is 111. The van der Waals surface area contributed by atoms with Gasteiger partial charge in [0.05, 0.1) is 17.1 Å². The monoisotopic (exact) mass is 966 g/mol. The Balaban J connectivity index is 1.06. The number of hydrogen-bond donors (Lipinski definition) is 0. The Morgan fingerprint density at radius 1 is 0.184 bits per heavy atom. The highest BCUT2D eigenvalue weighted by atomic mass is 15.2. The number of benzene rings is 14. The van der Waals surface area contributed by atoms with Crippen molar-refractivity contribution in [2.75, 3.05) is 9.80 Å². The molecule has 0 radical (unpaired) electrons. The lowest BCUT2D eigenvalue weighted by Gasteiger charge is -2.31. The molecule has 0 aliphatic rings. The molecule has 0 aliphatic carbocycles. The molecule has 76 heavy (non-hydrogen) atoms. The molecule has 0 unspecified atom stereocenters. The van der Waals surface area contributed by atoms with Crippen LogP contribution in [0.3, 0.4) is 0 Å². The third-order valence-corrected chi connectivity index (χ3v) is 15.2. The third kappa shape index (κ3) is 7.92. The Hall–Kier alpha value is -10.0. The summed E-state index contributed by atoms with van der Waals surface area (Å²) in [6.45, 7) is 0. The van der Waals surface area contributed by atoms with E-state index < -0.39 is 0 Å². The van der Waals surface area contributed by atoms with Gasteiger partial charge in [-0.05, 0) is 137 Å². The number of rotatable bonds is 10. The molecule has 2 nitrogen and oxygen atoms in total. The summed E-state index contributed by atoms with van der Waals surface area (Å²) in [5.74, 6) is 0. The molecule has 0 heterocycles.